The van der Waals surface area contributed by atoms with Gasteiger partial charge in [-0.3, -0.25) is 0 Å². The quantitative estimate of drug-likeness (QED) is 0.918. The lowest BCUT2D eigenvalue weighted by Crippen LogP contribution is -2.12. The molecule has 1 heterocycles. The molecule has 6 heteroatoms. The fourth-order valence-electron chi connectivity index (χ4n) is 1.67. The number of halogens is 3. The highest BCUT2D eigenvalue weighted by Gasteiger charge is 2.34. The minimum absolute atomic E-state index is 0.0167. The third-order valence-electron chi connectivity index (χ3n) is 2.86. The van der Waals surface area contributed by atoms with Gasteiger partial charge in [-0.15, -0.1) is 11.3 Å². The van der Waals surface area contributed by atoms with E-state index in [4.69, 9.17) is 0 Å². The maximum Gasteiger partial charge on any atom is 0.417 e. The van der Waals surface area contributed by atoms with Crippen molar-refractivity contribution in [2.75, 3.05) is 7.05 Å². The van der Waals surface area contributed by atoms with Crippen LogP contribution in [0.5, 0.6) is 0 Å². The molecular formula is C13H13F3N2S. The summed E-state index contributed by atoms with van der Waals surface area (Å²) in [5.41, 5.74) is 0.238. The Balaban J connectivity index is 2.45. The number of hydrogen-bond acceptors (Lipinski definition) is 3. The average Bonchev–Trinajstić information content (AvgIpc) is 2.86. The number of benzene rings is 1. The van der Waals surface area contributed by atoms with Crippen LogP contribution in [0.25, 0.3) is 10.6 Å². The van der Waals surface area contributed by atoms with E-state index in [1.54, 1.807) is 18.5 Å². The summed E-state index contributed by atoms with van der Waals surface area (Å²) in [6.45, 7) is 1.91. The van der Waals surface area contributed by atoms with Crippen molar-refractivity contribution >= 4 is 11.3 Å². The molecule has 2 nitrogen and oxygen atoms in total. The number of nitrogens with one attached hydrogen (secondary N) is 1. The van der Waals surface area contributed by atoms with E-state index in [-0.39, 0.29) is 11.6 Å². The normalized spacial score (nSPS) is 13.5. The maximum atomic E-state index is 12.9. The fourth-order valence-corrected chi connectivity index (χ4v) is 2.63. The van der Waals surface area contributed by atoms with Crippen LogP contribution in [0.4, 0.5) is 13.2 Å². The summed E-state index contributed by atoms with van der Waals surface area (Å²) in [5, 5.41) is 5.19. The van der Waals surface area contributed by atoms with Crippen molar-refractivity contribution in [3.63, 3.8) is 0 Å². The topological polar surface area (TPSA) is 24.9 Å². The molecule has 2 rings (SSSR count). The molecule has 1 aromatic heterocycles. The first kappa shape index (κ1) is 14.0. The lowest BCUT2D eigenvalue weighted by molar-refractivity contribution is -0.137. The SMILES string of the molecule is CNC(C)c1csc(-c2ccccc2C(F)(F)F)n1. The van der Waals surface area contributed by atoms with Gasteiger partial charge in [0.1, 0.15) is 5.01 Å². The molecule has 0 bridgehead atoms. The summed E-state index contributed by atoms with van der Waals surface area (Å²) in [4.78, 5) is 4.28. The highest BCUT2D eigenvalue weighted by molar-refractivity contribution is 7.13. The molecule has 0 radical (unpaired) electrons. The fraction of sp³-hybridized carbons (Fsp3) is 0.308. The van der Waals surface area contributed by atoms with Crippen LogP contribution in [0, 0.1) is 0 Å². The molecule has 0 aliphatic carbocycles. The van der Waals surface area contributed by atoms with Gasteiger partial charge in [0, 0.05) is 17.0 Å². The summed E-state index contributed by atoms with van der Waals surface area (Å²) in [5.74, 6) is 0. The van der Waals surface area contributed by atoms with Gasteiger partial charge in [-0.2, -0.15) is 13.2 Å². The Morgan fingerprint density at radius 2 is 1.95 bits per heavy atom. The molecule has 1 unspecified atom stereocenters. The van der Waals surface area contributed by atoms with Crippen molar-refractivity contribution in [3.8, 4) is 10.6 Å². The van der Waals surface area contributed by atoms with E-state index < -0.39 is 11.7 Å². The molecule has 0 amide bonds. The van der Waals surface area contributed by atoms with Gasteiger partial charge in [-0.05, 0) is 20.0 Å². The Morgan fingerprint density at radius 1 is 1.26 bits per heavy atom. The van der Waals surface area contributed by atoms with Crippen LogP contribution in [0.15, 0.2) is 29.6 Å². The minimum atomic E-state index is -4.36. The van der Waals surface area contributed by atoms with Gasteiger partial charge in [-0.25, -0.2) is 4.98 Å². The Hall–Kier alpha value is -1.40. The van der Waals surface area contributed by atoms with Crippen LogP contribution in [-0.2, 0) is 6.18 Å². The lowest BCUT2D eigenvalue weighted by Gasteiger charge is -2.10. The Morgan fingerprint density at radius 3 is 2.58 bits per heavy atom. The highest BCUT2D eigenvalue weighted by Crippen LogP contribution is 2.38. The van der Waals surface area contributed by atoms with E-state index in [2.05, 4.69) is 10.3 Å². The molecule has 102 valence electrons. The molecule has 1 atom stereocenters. The molecule has 0 spiro atoms. The zero-order valence-electron chi connectivity index (χ0n) is 10.5. The molecule has 0 saturated heterocycles. The van der Waals surface area contributed by atoms with Crippen molar-refractivity contribution in [1.82, 2.24) is 10.3 Å². The molecule has 0 saturated carbocycles. The Kier molecular flexibility index (Phi) is 3.91. The number of aromatic nitrogens is 1. The molecule has 0 aliphatic heterocycles. The van der Waals surface area contributed by atoms with E-state index in [1.165, 1.54) is 23.5 Å². The van der Waals surface area contributed by atoms with Gasteiger partial charge in [0.05, 0.1) is 11.3 Å². The molecule has 1 N–H and O–H groups in total. The summed E-state index contributed by atoms with van der Waals surface area (Å²) in [6, 6.07) is 5.53. The molecule has 1 aromatic carbocycles. The van der Waals surface area contributed by atoms with E-state index >= 15 is 0 Å². The van der Waals surface area contributed by atoms with Crippen LogP contribution < -0.4 is 5.32 Å². The average molecular weight is 286 g/mol. The van der Waals surface area contributed by atoms with Crippen molar-refractivity contribution in [3.05, 3.63) is 40.9 Å². The lowest BCUT2D eigenvalue weighted by atomic mass is 10.1. The molecule has 0 fully saturated rings. The van der Waals surface area contributed by atoms with Crippen molar-refractivity contribution in [2.45, 2.75) is 19.1 Å². The first-order valence-electron chi connectivity index (χ1n) is 5.72. The largest absolute Gasteiger partial charge is 0.417 e. The zero-order chi connectivity index (χ0) is 14.0. The summed E-state index contributed by atoms with van der Waals surface area (Å²) >= 11 is 1.23. The minimum Gasteiger partial charge on any atom is -0.312 e. The molecule has 19 heavy (non-hydrogen) atoms. The van der Waals surface area contributed by atoms with Gasteiger partial charge in [0.2, 0.25) is 0 Å². The van der Waals surface area contributed by atoms with Crippen LogP contribution in [-0.4, -0.2) is 12.0 Å². The van der Waals surface area contributed by atoms with E-state index in [0.29, 0.717) is 5.01 Å². The second kappa shape index (κ2) is 5.30. The molecular weight excluding hydrogens is 273 g/mol. The predicted octanol–water partition coefficient (Wildman–Crippen LogP) is 4.11. The predicted molar refractivity (Wildman–Crippen MR) is 70.0 cm³/mol. The number of nitrogens with zero attached hydrogens (tertiary/aromatic N) is 1. The third-order valence-corrected chi connectivity index (χ3v) is 3.76. The van der Waals surface area contributed by atoms with E-state index in [9.17, 15) is 13.2 Å². The summed E-state index contributed by atoms with van der Waals surface area (Å²) in [7, 11) is 1.79. The second-order valence-electron chi connectivity index (χ2n) is 4.13. The van der Waals surface area contributed by atoms with Crippen molar-refractivity contribution in [1.29, 1.82) is 0 Å². The summed E-state index contributed by atoms with van der Waals surface area (Å²) < 4.78 is 38.8. The highest BCUT2D eigenvalue weighted by atomic mass is 32.1. The first-order valence-corrected chi connectivity index (χ1v) is 6.60. The van der Waals surface area contributed by atoms with E-state index in [0.717, 1.165) is 11.8 Å². The van der Waals surface area contributed by atoms with Crippen LogP contribution in [0.3, 0.4) is 0 Å². The molecule has 2 aromatic rings. The van der Waals surface area contributed by atoms with Crippen molar-refractivity contribution in [2.24, 2.45) is 0 Å². The number of hydrogen-bond donors (Lipinski definition) is 1. The summed E-state index contributed by atoms with van der Waals surface area (Å²) in [6.07, 6.45) is -4.36. The van der Waals surface area contributed by atoms with Gasteiger partial charge < -0.3 is 5.32 Å². The number of thiazole rings is 1. The number of alkyl halides is 3. The second-order valence-corrected chi connectivity index (χ2v) is 4.99. The Labute approximate surface area is 113 Å². The van der Waals surface area contributed by atoms with E-state index in [1.807, 2.05) is 6.92 Å². The van der Waals surface area contributed by atoms with Gasteiger partial charge in [0.15, 0.2) is 0 Å². The smallest absolute Gasteiger partial charge is 0.312 e. The number of rotatable bonds is 3. The molecule has 0 aliphatic rings. The monoisotopic (exact) mass is 286 g/mol. The van der Waals surface area contributed by atoms with Gasteiger partial charge >= 0.3 is 6.18 Å². The van der Waals surface area contributed by atoms with Gasteiger partial charge in [-0.1, -0.05) is 18.2 Å². The van der Waals surface area contributed by atoms with Crippen LogP contribution in [0.2, 0.25) is 0 Å². The third kappa shape index (κ3) is 2.96. The van der Waals surface area contributed by atoms with Crippen LogP contribution in [0.1, 0.15) is 24.2 Å². The standard InChI is InChI=1S/C13H13F3N2S/c1-8(17-2)11-7-19-12(18-11)9-5-3-4-6-10(9)13(14,15)16/h3-8,17H,1-2H3. The van der Waals surface area contributed by atoms with Gasteiger partial charge in [0.25, 0.3) is 0 Å². The maximum absolute atomic E-state index is 12.9. The Bertz CT molecular complexity index is 563. The first-order chi connectivity index (χ1) is 8.93. The van der Waals surface area contributed by atoms with Crippen molar-refractivity contribution < 1.29 is 13.2 Å². The van der Waals surface area contributed by atoms with Crippen LogP contribution >= 0.6 is 11.3 Å². The zero-order valence-corrected chi connectivity index (χ0v) is 11.3.